The van der Waals surface area contributed by atoms with Gasteiger partial charge in [0.05, 0.1) is 12.1 Å². The second-order valence-corrected chi connectivity index (χ2v) is 6.39. The van der Waals surface area contributed by atoms with E-state index in [2.05, 4.69) is 20.8 Å². The Balaban J connectivity index is 1.45. The lowest BCUT2D eigenvalue weighted by Gasteiger charge is -2.23. The molecule has 0 bridgehead atoms. The van der Waals surface area contributed by atoms with Gasteiger partial charge in [-0.1, -0.05) is 28.9 Å². The molecule has 2 aromatic carbocycles. The first kappa shape index (κ1) is 17.8. The first-order valence-corrected chi connectivity index (χ1v) is 8.91. The predicted molar refractivity (Wildman–Crippen MR) is 101 cm³/mol. The highest BCUT2D eigenvalue weighted by atomic mass is 16.6. The summed E-state index contributed by atoms with van der Waals surface area (Å²) in [6.07, 6.45) is -0.461. The van der Waals surface area contributed by atoms with Crippen LogP contribution in [-0.4, -0.2) is 29.7 Å². The second-order valence-electron chi connectivity index (χ2n) is 6.39. The van der Waals surface area contributed by atoms with E-state index in [0.717, 1.165) is 5.56 Å². The number of aryl methyl sites for hydroxylation is 1. The molecule has 1 atom stereocenters. The van der Waals surface area contributed by atoms with Crippen LogP contribution in [0.15, 0.2) is 47.0 Å². The number of nitrogens with one attached hydrogen (secondary N) is 2. The number of ether oxygens (including phenoxy) is 2. The monoisotopic (exact) mass is 380 g/mol. The van der Waals surface area contributed by atoms with Crippen molar-refractivity contribution >= 4 is 11.6 Å². The summed E-state index contributed by atoms with van der Waals surface area (Å²) in [6.45, 7) is 2.54. The van der Waals surface area contributed by atoms with Crippen LogP contribution >= 0.6 is 0 Å². The quantitative estimate of drug-likeness (QED) is 0.702. The zero-order chi connectivity index (χ0) is 19.5. The summed E-state index contributed by atoms with van der Waals surface area (Å²) in [5, 5.41) is 9.82. The van der Waals surface area contributed by atoms with E-state index in [-0.39, 0.29) is 5.91 Å². The Morgan fingerprint density at radius 1 is 1.21 bits per heavy atom. The Morgan fingerprint density at radius 3 is 2.86 bits per heavy atom. The van der Waals surface area contributed by atoms with Gasteiger partial charge in [0.15, 0.2) is 17.3 Å². The molecular formula is C20H20N4O4. The second kappa shape index (κ2) is 7.59. The third-order valence-electron chi connectivity index (χ3n) is 4.35. The van der Waals surface area contributed by atoms with Gasteiger partial charge in [0.25, 0.3) is 11.8 Å². The lowest BCUT2D eigenvalue weighted by Crippen LogP contribution is -2.22. The van der Waals surface area contributed by atoms with Gasteiger partial charge in [-0.2, -0.15) is 4.98 Å². The van der Waals surface area contributed by atoms with Crippen molar-refractivity contribution in [2.45, 2.75) is 19.6 Å². The highest BCUT2D eigenvalue weighted by Gasteiger charge is 2.27. The summed E-state index contributed by atoms with van der Waals surface area (Å²) < 4.78 is 16.9. The van der Waals surface area contributed by atoms with E-state index < -0.39 is 6.10 Å². The highest BCUT2D eigenvalue weighted by Crippen LogP contribution is 2.35. The minimum atomic E-state index is -0.461. The molecule has 2 N–H and O–H groups in total. The first-order chi connectivity index (χ1) is 13.6. The number of nitrogens with zero attached hydrogens (tertiary/aromatic N) is 2. The summed E-state index contributed by atoms with van der Waals surface area (Å²) in [5.41, 5.74) is 2.26. The molecular weight excluding hydrogens is 360 g/mol. The molecule has 144 valence electrons. The van der Waals surface area contributed by atoms with Gasteiger partial charge >= 0.3 is 0 Å². The van der Waals surface area contributed by atoms with E-state index >= 15 is 0 Å². The number of anilines is 1. The molecule has 2 heterocycles. The first-order valence-electron chi connectivity index (χ1n) is 8.91. The number of hydrogen-bond acceptors (Lipinski definition) is 7. The maximum atomic E-state index is 12.1. The number of fused-ring (bicyclic) bond motifs is 1. The normalized spacial score (nSPS) is 15.1. The van der Waals surface area contributed by atoms with Crippen LogP contribution in [0, 0.1) is 6.92 Å². The van der Waals surface area contributed by atoms with E-state index in [9.17, 15) is 4.79 Å². The van der Waals surface area contributed by atoms with E-state index in [1.807, 2.05) is 49.4 Å². The molecule has 0 fully saturated rings. The molecule has 3 aromatic rings. The van der Waals surface area contributed by atoms with Crippen LogP contribution < -0.4 is 20.1 Å². The minimum Gasteiger partial charge on any atom is -0.485 e. The summed E-state index contributed by atoms with van der Waals surface area (Å²) in [6, 6.07) is 13.1. The molecule has 1 unspecified atom stereocenters. The Morgan fingerprint density at radius 2 is 2.04 bits per heavy atom. The Hall–Kier alpha value is -3.55. The van der Waals surface area contributed by atoms with Gasteiger partial charge in [0.2, 0.25) is 6.10 Å². The van der Waals surface area contributed by atoms with Crippen LogP contribution in [0.25, 0.3) is 0 Å². The number of carbonyl (C=O) groups excluding carboxylic acids is 1. The number of rotatable bonds is 5. The van der Waals surface area contributed by atoms with Gasteiger partial charge in [0, 0.05) is 12.7 Å². The summed E-state index contributed by atoms with van der Waals surface area (Å²) in [7, 11) is 1.60. The molecule has 1 aliphatic heterocycles. The number of para-hydroxylation sites is 2. The third kappa shape index (κ3) is 3.62. The molecule has 1 amide bonds. The molecule has 1 aliphatic rings. The number of hydrogen-bond donors (Lipinski definition) is 2. The van der Waals surface area contributed by atoms with Crippen LogP contribution in [0.2, 0.25) is 0 Å². The molecule has 0 spiro atoms. The molecule has 8 nitrogen and oxygen atoms in total. The highest BCUT2D eigenvalue weighted by molar-refractivity contribution is 5.99. The average Bonchev–Trinajstić information content (AvgIpc) is 3.21. The minimum absolute atomic E-state index is 0.161. The van der Waals surface area contributed by atoms with E-state index in [1.54, 1.807) is 7.05 Å². The smallest absolute Gasteiger partial charge is 0.271 e. The maximum absolute atomic E-state index is 12.1. The van der Waals surface area contributed by atoms with Gasteiger partial charge in [0.1, 0.15) is 6.61 Å². The molecule has 0 radical (unpaired) electrons. The average molecular weight is 380 g/mol. The van der Waals surface area contributed by atoms with Gasteiger partial charge in [-0.25, -0.2) is 0 Å². The summed E-state index contributed by atoms with van der Waals surface area (Å²) >= 11 is 0. The van der Waals surface area contributed by atoms with Gasteiger partial charge in [-0.15, -0.1) is 0 Å². The standard InChI is InChI=1S/C20H20N4O4/c1-12-7-8-14(13(9-12)19(25)21-2)22-10-18-23-20(28-24-18)17-11-26-15-5-3-4-6-16(15)27-17/h3-9,17,22H,10-11H2,1-2H3,(H,21,25). The predicted octanol–water partition coefficient (Wildman–Crippen LogP) is 2.86. The van der Waals surface area contributed by atoms with Crippen molar-refractivity contribution in [2.24, 2.45) is 0 Å². The van der Waals surface area contributed by atoms with Crippen molar-refractivity contribution in [1.29, 1.82) is 0 Å². The fourth-order valence-corrected chi connectivity index (χ4v) is 2.92. The van der Waals surface area contributed by atoms with Gasteiger partial charge in [-0.3, -0.25) is 4.79 Å². The number of aromatic nitrogens is 2. The molecule has 28 heavy (non-hydrogen) atoms. The largest absolute Gasteiger partial charge is 0.485 e. The van der Waals surface area contributed by atoms with Crippen LogP contribution in [-0.2, 0) is 6.54 Å². The molecule has 4 rings (SSSR count). The fourth-order valence-electron chi connectivity index (χ4n) is 2.92. The van der Waals surface area contributed by atoms with Crippen molar-refractivity contribution in [3.8, 4) is 11.5 Å². The van der Waals surface area contributed by atoms with Gasteiger partial charge < -0.3 is 24.6 Å². The molecule has 0 saturated heterocycles. The van der Waals surface area contributed by atoms with E-state index in [4.69, 9.17) is 14.0 Å². The van der Waals surface area contributed by atoms with Crippen molar-refractivity contribution in [3.63, 3.8) is 0 Å². The van der Waals surface area contributed by atoms with Crippen LogP contribution in [0.4, 0.5) is 5.69 Å². The van der Waals surface area contributed by atoms with Crippen molar-refractivity contribution in [2.75, 3.05) is 19.0 Å². The Labute approximate surface area is 161 Å². The topological polar surface area (TPSA) is 98.5 Å². The van der Waals surface area contributed by atoms with Crippen LogP contribution in [0.5, 0.6) is 11.5 Å². The van der Waals surface area contributed by atoms with Gasteiger partial charge in [-0.05, 0) is 31.2 Å². The molecule has 0 saturated carbocycles. The molecule has 1 aromatic heterocycles. The molecule has 8 heteroatoms. The SMILES string of the molecule is CNC(=O)c1cc(C)ccc1NCc1noc(C2COc3ccccc3O2)n1. The zero-order valence-electron chi connectivity index (χ0n) is 15.6. The van der Waals surface area contributed by atoms with Crippen LogP contribution in [0.1, 0.15) is 33.7 Å². The Kier molecular flexibility index (Phi) is 4.84. The lowest BCUT2D eigenvalue weighted by atomic mass is 10.1. The van der Waals surface area contributed by atoms with Crippen molar-refractivity contribution in [3.05, 3.63) is 65.3 Å². The number of benzene rings is 2. The molecule has 0 aliphatic carbocycles. The number of amides is 1. The van der Waals surface area contributed by atoms with E-state index in [0.29, 0.717) is 47.6 Å². The van der Waals surface area contributed by atoms with Crippen LogP contribution in [0.3, 0.4) is 0 Å². The fraction of sp³-hybridized carbons (Fsp3) is 0.250. The van der Waals surface area contributed by atoms with E-state index in [1.165, 1.54) is 0 Å². The zero-order valence-corrected chi connectivity index (χ0v) is 15.6. The maximum Gasteiger partial charge on any atom is 0.271 e. The number of carbonyl (C=O) groups is 1. The summed E-state index contributed by atoms with van der Waals surface area (Å²) in [5.74, 6) is 1.99. The Bertz CT molecular complexity index is 1000. The summed E-state index contributed by atoms with van der Waals surface area (Å²) in [4.78, 5) is 16.5. The lowest BCUT2D eigenvalue weighted by molar-refractivity contribution is 0.0665. The van der Waals surface area contributed by atoms with Crippen molar-refractivity contribution < 1.29 is 18.8 Å². The van der Waals surface area contributed by atoms with Crippen molar-refractivity contribution in [1.82, 2.24) is 15.5 Å². The third-order valence-corrected chi connectivity index (χ3v) is 4.35.